The predicted octanol–water partition coefficient (Wildman–Crippen LogP) is 3.22. The standard InChI is InChI=1S/C11H27NO5P2/c1-10(2)12(11(3)4)18(13)17-8-7-9-19(14,15-5)16-6/h10-11,13H,7-9H2,1-6H3. The van der Waals surface area contributed by atoms with Crippen molar-refractivity contribution in [2.45, 2.75) is 46.2 Å². The van der Waals surface area contributed by atoms with Crippen LogP contribution in [0.25, 0.3) is 0 Å². The van der Waals surface area contributed by atoms with E-state index in [1.807, 2.05) is 32.4 Å². The zero-order chi connectivity index (χ0) is 15.1. The molecule has 0 spiro atoms. The minimum atomic E-state index is -2.97. The first kappa shape index (κ1) is 19.5. The van der Waals surface area contributed by atoms with Crippen molar-refractivity contribution in [3.8, 4) is 0 Å². The summed E-state index contributed by atoms with van der Waals surface area (Å²) in [5.74, 6) is 0. The van der Waals surface area contributed by atoms with E-state index in [-0.39, 0.29) is 18.2 Å². The van der Waals surface area contributed by atoms with Crippen LogP contribution in [0, 0.1) is 0 Å². The van der Waals surface area contributed by atoms with Crippen molar-refractivity contribution in [1.82, 2.24) is 4.67 Å². The van der Waals surface area contributed by atoms with Crippen molar-refractivity contribution in [1.29, 1.82) is 0 Å². The highest BCUT2D eigenvalue weighted by Crippen LogP contribution is 2.47. The molecule has 0 aromatic carbocycles. The fourth-order valence-electron chi connectivity index (χ4n) is 1.72. The molecule has 6 nitrogen and oxygen atoms in total. The molecule has 0 aliphatic rings. The molecule has 0 aromatic rings. The number of hydrogen-bond donors (Lipinski definition) is 1. The second-order valence-electron chi connectivity index (χ2n) is 4.71. The van der Waals surface area contributed by atoms with Gasteiger partial charge >= 0.3 is 7.60 Å². The SMILES string of the molecule is COP(=O)(CCCOP(O)N(C(C)C)C(C)C)OC. The van der Waals surface area contributed by atoms with Crippen LogP contribution in [0.1, 0.15) is 34.1 Å². The Hall–Kier alpha value is 0.460. The third kappa shape index (κ3) is 7.14. The molecular weight excluding hydrogens is 288 g/mol. The molecule has 0 aliphatic carbocycles. The van der Waals surface area contributed by atoms with Crippen molar-refractivity contribution < 1.29 is 23.0 Å². The molecule has 0 saturated carbocycles. The zero-order valence-corrected chi connectivity index (χ0v) is 14.5. The Kier molecular flexibility index (Phi) is 9.63. The van der Waals surface area contributed by atoms with Crippen LogP contribution in [0.5, 0.6) is 0 Å². The minimum Gasteiger partial charge on any atom is -0.338 e. The van der Waals surface area contributed by atoms with Gasteiger partial charge in [-0.3, -0.25) is 4.57 Å². The molecule has 0 aliphatic heterocycles. The fraction of sp³-hybridized carbons (Fsp3) is 1.00. The highest BCUT2D eigenvalue weighted by molar-refractivity contribution is 7.53. The summed E-state index contributed by atoms with van der Waals surface area (Å²) < 4.78 is 28.8. The van der Waals surface area contributed by atoms with Crippen LogP contribution < -0.4 is 0 Å². The van der Waals surface area contributed by atoms with Crippen LogP contribution in [-0.4, -0.2) is 48.6 Å². The summed E-state index contributed by atoms with van der Waals surface area (Å²) in [6.45, 7) is 8.38. The highest BCUT2D eigenvalue weighted by atomic mass is 31.2. The van der Waals surface area contributed by atoms with Gasteiger partial charge in [-0.1, -0.05) is 0 Å². The molecule has 0 fully saturated rings. The zero-order valence-electron chi connectivity index (χ0n) is 12.7. The van der Waals surface area contributed by atoms with Gasteiger partial charge in [0.1, 0.15) is 0 Å². The van der Waals surface area contributed by atoms with Crippen LogP contribution in [0.4, 0.5) is 0 Å². The molecule has 0 bridgehead atoms. The second kappa shape index (κ2) is 9.41. The maximum atomic E-state index is 11.8. The molecular formula is C11H27NO5P2. The maximum Gasteiger partial charge on any atom is 0.330 e. The molecule has 0 radical (unpaired) electrons. The van der Waals surface area contributed by atoms with E-state index in [9.17, 15) is 9.46 Å². The van der Waals surface area contributed by atoms with Crippen molar-refractivity contribution in [2.75, 3.05) is 27.0 Å². The normalized spacial score (nSPS) is 14.6. The minimum absolute atomic E-state index is 0.208. The lowest BCUT2D eigenvalue weighted by Crippen LogP contribution is -2.32. The van der Waals surface area contributed by atoms with Gasteiger partial charge in [0.2, 0.25) is 0 Å². The first-order valence-corrected chi connectivity index (χ1v) is 9.27. The summed E-state index contributed by atoms with van der Waals surface area (Å²) in [7, 11) is -1.86. The highest BCUT2D eigenvalue weighted by Gasteiger charge is 2.25. The molecule has 0 amide bonds. The van der Waals surface area contributed by atoms with Gasteiger partial charge in [0.05, 0.1) is 12.8 Å². The van der Waals surface area contributed by atoms with Gasteiger partial charge in [-0.2, -0.15) is 0 Å². The van der Waals surface area contributed by atoms with Gasteiger partial charge in [0.25, 0.3) is 8.53 Å². The quantitative estimate of drug-likeness (QED) is 0.493. The van der Waals surface area contributed by atoms with Crippen LogP contribution in [0.3, 0.4) is 0 Å². The fourth-order valence-corrected chi connectivity index (χ4v) is 3.97. The lowest BCUT2D eigenvalue weighted by Gasteiger charge is -2.32. The van der Waals surface area contributed by atoms with Gasteiger partial charge in [-0.15, -0.1) is 0 Å². The molecule has 0 aromatic heterocycles. The Morgan fingerprint density at radius 1 is 1.16 bits per heavy atom. The van der Waals surface area contributed by atoms with E-state index in [1.54, 1.807) is 0 Å². The first-order chi connectivity index (χ1) is 8.77. The maximum absolute atomic E-state index is 11.8. The average molecular weight is 315 g/mol. The van der Waals surface area contributed by atoms with Gasteiger partial charge in [-0.05, 0) is 34.1 Å². The molecule has 1 atom stereocenters. The van der Waals surface area contributed by atoms with Crippen LogP contribution in [0.2, 0.25) is 0 Å². The van der Waals surface area contributed by atoms with E-state index < -0.39 is 16.1 Å². The largest absolute Gasteiger partial charge is 0.338 e. The summed E-state index contributed by atoms with van der Waals surface area (Å²) in [6, 6.07) is 0.417. The van der Waals surface area contributed by atoms with Crippen molar-refractivity contribution in [3.63, 3.8) is 0 Å². The van der Waals surface area contributed by atoms with E-state index in [4.69, 9.17) is 13.6 Å². The summed E-state index contributed by atoms with van der Waals surface area (Å²) in [6.07, 6.45) is 0.801. The molecule has 19 heavy (non-hydrogen) atoms. The van der Waals surface area contributed by atoms with E-state index in [1.165, 1.54) is 14.2 Å². The lowest BCUT2D eigenvalue weighted by molar-refractivity contribution is 0.210. The molecule has 1 N–H and O–H groups in total. The predicted molar refractivity (Wildman–Crippen MR) is 78.3 cm³/mol. The van der Waals surface area contributed by atoms with E-state index in [2.05, 4.69) is 0 Å². The molecule has 0 rings (SSSR count). The number of nitrogens with zero attached hydrogens (tertiary/aromatic N) is 1. The van der Waals surface area contributed by atoms with Gasteiger partial charge < -0.3 is 18.5 Å². The summed E-state index contributed by atoms with van der Waals surface area (Å²) in [5, 5.41) is 0. The van der Waals surface area contributed by atoms with Crippen molar-refractivity contribution in [2.24, 2.45) is 0 Å². The molecule has 116 valence electrons. The van der Waals surface area contributed by atoms with Gasteiger partial charge in [0, 0.05) is 26.3 Å². The topological polar surface area (TPSA) is 68.2 Å². The van der Waals surface area contributed by atoms with Crippen LogP contribution >= 0.6 is 16.1 Å². The van der Waals surface area contributed by atoms with E-state index in [0.29, 0.717) is 13.0 Å². The Balaban J connectivity index is 4.10. The smallest absolute Gasteiger partial charge is 0.330 e. The van der Waals surface area contributed by atoms with Crippen molar-refractivity contribution >= 4 is 16.1 Å². The van der Waals surface area contributed by atoms with Gasteiger partial charge in [-0.25, -0.2) is 4.67 Å². The number of hydrogen-bond acceptors (Lipinski definition) is 6. The summed E-state index contributed by atoms with van der Waals surface area (Å²) >= 11 is 0. The molecule has 0 saturated heterocycles. The Morgan fingerprint density at radius 2 is 1.63 bits per heavy atom. The molecule has 0 heterocycles. The van der Waals surface area contributed by atoms with Gasteiger partial charge in [0.15, 0.2) is 0 Å². The average Bonchev–Trinajstić information content (AvgIpc) is 2.33. The lowest BCUT2D eigenvalue weighted by atomic mass is 10.3. The van der Waals surface area contributed by atoms with Crippen LogP contribution in [0.15, 0.2) is 0 Å². The Bertz CT molecular complexity index is 272. The van der Waals surface area contributed by atoms with Crippen LogP contribution in [-0.2, 0) is 18.1 Å². The molecule has 8 heteroatoms. The third-order valence-corrected chi connectivity index (χ3v) is 6.30. The summed E-state index contributed by atoms with van der Waals surface area (Å²) in [4.78, 5) is 10.0. The number of rotatable bonds is 10. The van der Waals surface area contributed by atoms with Crippen molar-refractivity contribution in [3.05, 3.63) is 0 Å². The Morgan fingerprint density at radius 3 is 2.00 bits per heavy atom. The molecule has 1 unspecified atom stereocenters. The summed E-state index contributed by atoms with van der Waals surface area (Å²) in [5.41, 5.74) is 0. The Labute approximate surface area is 117 Å². The third-order valence-electron chi connectivity index (χ3n) is 2.60. The monoisotopic (exact) mass is 315 g/mol. The van der Waals surface area contributed by atoms with E-state index in [0.717, 1.165) is 0 Å². The second-order valence-corrected chi connectivity index (χ2v) is 8.33. The first-order valence-electron chi connectivity index (χ1n) is 6.38. The van der Waals surface area contributed by atoms with E-state index >= 15 is 0 Å².